The van der Waals surface area contributed by atoms with Crippen LogP contribution in [0.3, 0.4) is 0 Å². The van der Waals surface area contributed by atoms with E-state index in [0.29, 0.717) is 18.9 Å². The summed E-state index contributed by atoms with van der Waals surface area (Å²) in [5.74, 6) is -0.0346. The Hall–Kier alpha value is -3.61. The van der Waals surface area contributed by atoms with Crippen LogP contribution >= 0.6 is 0 Å². The van der Waals surface area contributed by atoms with Gasteiger partial charge >= 0.3 is 0 Å². The predicted molar refractivity (Wildman–Crippen MR) is 106 cm³/mol. The van der Waals surface area contributed by atoms with Crippen LogP contribution in [-0.2, 0) is 0 Å². The first kappa shape index (κ1) is 17.5. The maximum absolute atomic E-state index is 14.0. The predicted octanol–water partition coefficient (Wildman–Crippen LogP) is 3.56. The quantitative estimate of drug-likeness (QED) is 0.539. The highest BCUT2D eigenvalue weighted by atomic mass is 19.1. The highest BCUT2D eigenvalue weighted by Crippen LogP contribution is 2.27. The van der Waals surface area contributed by atoms with Gasteiger partial charge in [0.2, 0.25) is 0 Å². The Morgan fingerprint density at radius 2 is 1.97 bits per heavy atom. The summed E-state index contributed by atoms with van der Waals surface area (Å²) in [5, 5.41) is 4.64. The second kappa shape index (κ2) is 7.09. The van der Waals surface area contributed by atoms with Gasteiger partial charge in [-0.3, -0.25) is 9.78 Å². The third-order valence-electron chi connectivity index (χ3n) is 5.29. The molecule has 5 rings (SSSR count). The number of fused-ring (bicyclic) bond motifs is 1. The van der Waals surface area contributed by atoms with Crippen molar-refractivity contribution >= 4 is 11.6 Å². The Balaban J connectivity index is 1.38. The molecule has 0 radical (unpaired) electrons. The Bertz CT molecular complexity index is 1190. The molecule has 0 aliphatic carbocycles. The second-order valence-corrected chi connectivity index (χ2v) is 7.15. The summed E-state index contributed by atoms with van der Waals surface area (Å²) in [7, 11) is 0. The molecule has 29 heavy (non-hydrogen) atoms. The SMILES string of the molecule is O=C(c1ccccc1F)N1CCC(c2nc3ccc(-c4cccnc4)cn3n2)C1. The van der Waals surface area contributed by atoms with Crippen molar-refractivity contribution in [2.75, 3.05) is 13.1 Å². The standard InChI is InChI=1S/C22H18FN5O/c23-19-6-2-1-5-18(19)22(29)27-11-9-17(13-27)21-25-20-8-7-16(14-28(20)26-21)15-4-3-10-24-12-15/h1-8,10,12,14,17H,9,11,13H2. The summed E-state index contributed by atoms with van der Waals surface area (Å²) >= 11 is 0. The fraction of sp³-hybridized carbons (Fsp3) is 0.182. The lowest BCUT2D eigenvalue weighted by atomic mass is 10.1. The number of aromatic nitrogens is 4. The molecule has 1 amide bonds. The zero-order valence-electron chi connectivity index (χ0n) is 15.6. The van der Waals surface area contributed by atoms with E-state index in [2.05, 4.69) is 15.1 Å². The molecule has 4 heterocycles. The van der Waals surface area contributed by atoms with E-state index < -0.39 is 5.82 Å². The number of hydrogen-bond donors (Lipinski definition) is 0. The summed E-state index contributed by atoms with van der Waals surface area (Å²) in [4.78, 5) is 23.1. The molecule has 3 aromatic heterocycles. The number of halogens is 1. The number of carbonyl (C=O) groups excluding carboxylic acids is 1. The molecule has 1 aliphatic heterocycles. The van der Waals surface area contributed by atoms with E-state index in [1.54, 1.807) is 27.7 Å². The zero-order valence-corrected chi connectivity index (χ0v) is 15.6. The summed E-state index contributed by atoms with van der Waals surface area (Å²) in [6.45, 7) is 1.05. The number of carbonyl (C=O) groups is 1. The van der Waals surface area contributed by atoms with Crippen LogP contribution in [-0.4, -0.2) is 43.5 Å². The third-order valence-corrected chi connectivity index (χ3v) is 5.29. The average molecular weight is 387 g/mol. The van der Waals surface area contributed by atoms with E-state index in [1.807, 2.05) is 36.7 Å². The summed E-state index contributed by atoms with van der Waals surface area (Å²) in [6.07, 6.45) is 6.23. The molecule has 0 bridgehead atoms. The Labute approximate surface area is 166 Å². The minimum absolute atomic E-state index is 0.0347. The first-order valence-corrected chi connectivity index (χ1v) is 9.49. The van der Waals surface area contributed by atoms with Crippen LogP contribution in [0, 0.1) is 5.82 Å². The van der Waals surface area contributed by atoms with E-state index in [1.165, 1.54) is 12.1 Å². The molecule has 0 spiro atoms. The number of benzene rings is 1. The smallest absolute Gasteiger partial charge is 0.256 e. The maximum Gasteiger partial charge on any atom is 0.256 e. The minimum Gasteiger partial charge on any atom is -0.338 e. The van der Waals surface area contributed by atoms with Crippen LogP contribution in [0.15, 0.2) is 67.1 Å². The van der Waals surface area contributed by atoms with E-state index >= 15 is 0 Å². The lowest BCUT2D eigenvalue weighted by Gasteiger charge is -2.16. The lowest BCUT2D eigenvalue weighted by Crippen LogP contribution is -2.29. The van der Waals surface area contributed by atoms with Crippen LogP contribution in [0.2, 0.25) is 0 Å². The van der Waals surface area contributed by atoms with Crippen molar-refractivity contribution in [3.05, 3.63) is 84.3 Å². The monoisotopic (exact) mass is 387 g/mol. The molecule has 144 valence electrons. The van der Waals surface area contributed by atoms with E-state index in [9.17, 15) is 9.18 Å². The molecule has 1 saturated heterocycles. The first-order chi connectivity index (χ1) is 14.2. The van der Waals surface area contributed by atoms with Crippen LogP contribution in [0.5, 0.6) is 0 Å². The van der Waals surface area contributed by atoms with Crippen molar-refractivity contribution in [3.8, 4) is 11.1 Å². The van der Waals surface area contributed by atoms with Gasteiger partial charge in [0.15, 0.2) is 11.5 Å². The number of pyridine rings is 2. The van der Waals surface area contributed by atoms with Crippen molar-refractivity contribution < 1.29 is 9.18 Å². The van der Waals surface area contributed by atoms with Crippen molar-refractivity contribution in [1.29, 1.82) is 0 Å². The minimum atomic E-state index is -0.491. The Morgan fingerprint density at radius 1 is 1.07 bits per heavy atom. The normalized spacial score (nSPS) is 16.4. The third kappa shape index (κ3) is 3.24. The van der Waals surface area contributed by atoms with E-state index in [0.717, 1.165) is 23.2 Å². The van der Waals surface area contributed by atoms with Gasteiger partial charge in [0.1, 0.15) is 5.82 Å². The molecule has 4 aromatic rings. The lowest BCUT2D eigenvalue weighted by molar-refractivity contribution is 0.0786. The first-order valence-electron chi connectivity index (χ1n) is 9.49. The number of nitrogens with zero attached hydrogens (tertiary/aromatic N) is 5. The second-order valence-electron chi connectivity index (χ2n) is 7.15. The fourth-order valence-electron chi connectivity index (χ4n) is 3.74. The Morgan fingerprint density at radius 3 is 2.79 bits per heavy atom. The molecular weight excluding hydrogens is 369 g/mol. The van der Waals surface area contributed by atoms with Crippen molar-refractivity contribution in [1.82, 2.24) is 24.5 Å². The number of amides is 1. The van der Waals surface area contributed by atoms with Crippen LogP contribution in [0.1, 0.15) is 28.5 Å². The van der Waals surface area contributed by atoms with Gasteiger partial charge in [-0.1, -0.05) is 18.2 Å². The van der Waals surface area contributed by atoms with Crippen molar-refractivity contribution in [3.63, 3.8) is 0 Å². The van der Waals surface area contributed by atoms with Crippen LogP contribution in [0.4, 0.5) is 4.39 Å². The zero-order chi connectivity index (χ0) is 19.8. The van der Waals surface area contributed by atoms with Crippen molar-refractivity contribution in [2.45, 2.75) is 12.3 Å². The molecule has 0 N–H and O–H groups in total. The molecule has 6 nitrogen and oxygen atoms in total. The van der Waals surface area contributed by atoms with Gasteiger partial charge in [-0.05, 0) is 36.8 Å². The largest absolute Gasteiger partial charge is 0.338 e. The van der Waals surface area contributed by atoms with E-state index in [-0.39, 0.29) is 17.4 Å². The number of likely N-dealkylation sites (tertiary alicyclic amines) is 1. The summed E-state index contributed by atoms with van der Waals surface area (Å²) in [5.41, 5.74) is 2.88. The van der Waals surface area contributed by atoms with Gasteiger partial charge in [-0.2, -0.15) is 5.10 Å². The fourth-order valence-corrected chi connectivity index (χ4v) is 3.74. The topological polar surface area (TPSA) is 63.4 Å². The van der Waals surface area contributed by atoms with Gasteiger partial charge in [-0.25, -0.2) is 13.9 Å². The summed E-state index contributed by atoms with van der Waals surface area (Å²) < 4.78 is 15.7. The molecule has 1 aliphatic rings. The molecule has 1 aromatic carbocycles. The van der Waals surface area contributed by atoms with Crippen molar-refractivity contribution in [2.24, 2.45) is 0 Å². The number of hydrogen-bond acceptors (Lipinski definition) is 4. The summed E-state index contributed by atoms with van der Waals surface area (Å²) in [6, 6.07) is 13.9. The van der Waals surface area contributed by atoms with E-state index in [4.69, 9.17) is 0 Å². The average Bonchev–Trinajstić information content (AvgIpc) is 3.41. The molecule has 1 atom stereocenters. The molecule has 1 fully saturated rings. The highest BCUT2D eigenvalue weighted by molar-refractivity contribution is 5.94. The van der Waals surface area contributed by atoms with Crippen LogP contribution < -0.4 is 0 Å². The van der Waals surface area contributed by atoms with Gasteiger partial charge in [-0.15, -0.1) is 0 Å². The maximum atomic E-state index is 14.0. The number of rotatable bonds is 3. The van der Waals surface area contributed by atoms with Gasteiger partial charge in [0.05, 0.1) is 5.56 Å². The molecule has 1 unspecified atom stereocenters. The molecule has 0 saturated carbocycles. The van der Waals surface area contributed by atoms with Crippen LogP contribution in [0.25, 0.3) is 16.8 Å². The van der Waals surface area contributed by atoms with Gasteiger partial charge in [0, 0.05) is 48.7 Å². The highest BCUT2D eigenvalue weighted by Gasteiger charge is 2.31. The molecule has 7 heteroatoms. The van der Waals surface area contributed by atoms with Gasteiger partial charge in [0.25, 0.3) is 5.91 Å². The Kier molecular flexibility index (Phi) is 4.27. The van der Waals surface area contributed by atoms with Gasteiger partial charge < -0.3 is 4.90 Å². The molecular formula is C22H18FN5O.